The van der Waals surface area contributed by atoms with Crippen molar-refractivity contribution in [3.63, 3.8) is 0 Å². The van der Waals surface area contributed by atoms with Crippen LogP contribution < -0.4 is 10.2 Å². The molecule has 6 nitrogen and oxygen atoms in total. The maximum atomic E-state index is 12.2. The number of esters is 1. The third-order valence-electron chi connectivity index (χ3n) is 6.69. The average Bonchev–Trinajstić information content (AvgIpc) is 3.39. The number of aromatic nitrogens is 2. The normalized spacial score (nSPS) is 17.2. The Labute approximate surface area is 216 Å². The van der Waals surface area contributed by atoms with Gasteiger partial charge in [-0.2, -0.15) is 0 Å². The van der Waals surface area contributed by atoms with Crippen LogP contribution in [-0.2, 0) is 4.74 Å². The van der Waals surface area contributed by atoms with Crippen LogP contribution in [0.15, 0.2) is 79.0 Å². The van der Waals surface area contributed by atoms with Gasteiger partial charge in [-0.25, -0.2) is 4.79 Å². The quantitative estimate of drug-likeness (QED) is 0.280. The molecular weight excluding hydrogens is 468 g/mol. The first-order valence-electron chi connectivity index (χ1n) is 11.8. The summed E-state index contributed by atoms with van der Waals surface area (Å²) in [4.78, 5) is 19.0. The monoisotopic (exact) mass is 496 g/mol. The van der Waals surface area contributed by atoms with E-state index in [2.05, 4.69) is 70.9 Å². The summed E-state index contributed by atoms with van der Waals surface area (Å²) in [5.41, 5.74) is 7.83. The predicted molar refractivity (Wildman–Crippen MR) is 146 cm³/mol. The highest BCUT2D eigenvalue weighted by Crippen LogP contribution is 2.43. The van der Waals surface area contributed by atoms with Crippen LogP contribution in [0.1, 0.15) is 50.7 Å². The van der Waals surface area contributed by atoms with Gasteiger partial charge in [0, 0.05) is 29.0 Å². The van der Waals surface area contributed by atoms with Crippen molar-refractivity contribution < 1.29 is 9.53 Å². The second-order valence-corrected chi connectivity index (χ2v) is 9.43. The number of carbonyl (C=O) groups excluding carboxylic acids is 1. The number of anilines is 1. The van der Waals surface area contributed by atoms with Crippen LogP contribution in [0.5, 0.6) is 0 Å². The van der Waals surface area contributed by atoms with E-state index in [1.807, 2.05) is 42.6 Å². The van der Waals surface area contributed by atoms with Gasteiger partial charge in [-0.3, -0.25) is 4.98 Å². The van der Waals surface area contributed by atoms with Gasteiger partial charge in [0.1, 0.15) is 0 Å². The highest BCUT2D eigenvalue weighted by molar-refractivity contribution is 7.80. The lowest BCUT2D eigenvalue weighted by Gasteiger charge is -2.28. The Balaban J connectivity index is 1.67. The summed E-state index contributed by atoms with van der Waals surface area (Å²) in [5, 5.41) is 4.20. The van der Waals surface area contributed by atoms with E-state index in [1.165, 1.54) is 12.7 Å². The SMILES string of the molecule is COC(=O)c1cccc(-n2c(C)cc([C@H]3[C@H](c4ccccn4)NC(=S)N3c3cccc(C)c3)c2C)c1. The van der Waals surface area contributed by atoms with E-state index in [0.717, 1.165) is 34.0 Å². The molecule has 0 aliphatic carbocycles. The third-order valence-corrected chi connectivity index (χ3v) is 7.01. The lowest BCUT2D eigenvalue weighted by Crippen LogP contribution is -2.29. The standard InChI is InChI=1S/C29H28N4O2S/c1-18-9-7-11-22(15-18)33-27(26(31-29(33)36)25-13-5-6-14-30-25)24-16-19(2)32(20(24)3)23-12-8-10-21(17-23)28(34)35-4/h5-17,26-27H,1-4H3,(H,31,36)/t26-,27-/m0/s1. The molecule has 2 aromatic heterocycles. The van der Waals surface area contributed by atoms with E-state index in [9.17, 15) is 4.79 Å². The molecule has 0 unspecified atom stereocenters. The van der Waals surface area contributed by atoms with Crippen molar-refractivity contribution in [1.29, 1.82) is 0 Å². The zero-order valence-corrected chi connectivity index (χ0v) is 21.5. The van der Waals surface area contributed by atoms with E-state index in [4.69, 9.17) is 17.0 Å². The number of nitrogens with one attached hydrogen (secondary N) is 1. The molecule has 1 aliphatic rings. The van der Waals surface area contributed by atoms with Crippen molar-refractivity contribution in [2.45, 2.75) is 32.9 Å². The predicted octanol–water partition coefficient (Wildman–Crippen LogP) is 5.76. The maximum Gasteiger partial charge on any atom is 0.337 e. The molecule has 0 bridgehead atoms. The van der Waals surface area contributed by atoms with Crippen LogP contribution in [0.25, 0.3) is 5.69 Å². The molecule has 2 aromatic carbocycles. The van der Waals surface area contributed by atoms with Gasteiger partial charge in [0.25, 0.3) is 0 Å². The van der Waals surface area contributed by atoms with E-state index >= 15 is 0 Å². The van der Waals surface area contributed by atoms with Crippen LogP contribution in [0.2, 0.25) is 0 Å². The summed E-state index contributed by atoms with van der Waals surface area (Å²) < 4.78 is 7.11. The first-order valence-corrected chi connectivity index (χ1v) is 12.2. The largest absolute Gasteiger partial charge is 0.465 e. The number of rotatable bonds is 5. The van der Waals surface area contributed by atoms with E-state index in [0.29, 0.717) is 10.7 Å². The van der Waals surface area contributed by atoms with Crippen LogP contribution in [0.3, 0.4) is 0 Å². The molecule has 7 heteroatoms. The van der Waals surface area contributed by atoms with Crippen molar-refractivity contribution in [3.05, 3.63) is 113 Å². The van der Waals surface area contributed by atoms with Crippen molar-refractivity contribution in [1.82, 2.24) is 14.9 Å². The van der Waals surface area contributed by atoms with Gasteiger partial charge in [-0.1, -0.05) is 24.3 Å². The van der Waals surface area contributed by atoms with Gasteiger partial charge in [-0.15, -0.1) is 0 Å². The van der Waals surface area contributed by atoms with Gasteiger partial charge >= 0.3 is 5.97 Å². The number of pyridine rings is 1. The number of hydrogen-bond donors (Lipinski definition) is 1. The highest BCUT2D eigenvalue weighted by Gasteiger charge is 2.42. The van der Waals surface area contributed by atoms with Gasteiger partial charge in [0.2, 0.25) is 0 Å². The number of nitrogens with zero attached hydrogens (tertiary/aromatic N) is 3. The van der Waals surface area contributed by atoms with Crippen LogP contribution >= 0.6 is 12.2 Å². The summed E-state index contributed by atoms with van der Waals surface area (Å²) in [6.07, 6.45) is 1.81. The fourth-order valence-corrected chi connectivity index (χ4v) is 5.45. The molecule has 182 valence electrons. The minimum absolute atomic E-state index is 0.113. The fraction of sp³-hybridized carbons (Fsp3) is 0.207. The molecular formula is C29H28N4O2S. The second kappa shape index (κ2) is 9.59. The topological polar surface area (TPSA) is 59.4 Å². The zero-order chi connectivity index (χ0) is 25.4. The minimum atomic E-state index is -0.356. The van der Waals surface area contributed by atoms with E-state index in [-0.39, 0.29) is 18.1 Å². The summed E-state index contributed by atoms with van der Waals surface area (Å²) in [7, 11) is 1.40. The number of thiocarbonyl (C=S) groups is 1. The number of hydrogen-bond acceptors (Lipinski definition) is 4. The van der Waals surface area contributed by atoms with Crippen LogP contribution in [-0.4, -0.2) is 27.7 Å². The molecule has 36 heavy (non-hydrogen) atoms. The molecule has 3 heterocycles. The van der Waals surface area contributed by atoms with Gasteiger partial charge < -0.3 is 19.5 Å². The number of carbonyl (C=O) groups is 1. The minimum Gasteiger partial charge on any atom is -0.465 e. The molecule has 1 N–H and O–H groups in total. The summed E-state index contributed by atoms with van der Waals surface area (Å²) in [6.45, 7) is 6.27. The van der Waals surface area contributed by atoms with Crippen molar-refractivity contribution in [3.8, 4) is 5.69 Å². The Bertz CT molecular complexity index is 1450. The van der Waals surface area contributed by atoms with Crippen molar-refractivity contribution >= 4 is 29.0 Å². The first-order chi connectivity index (χ1) is 17.4. The number of ether oxygens (including phenoxy) is 1. The molecule has 1 aliphatic heterocycles. The molecule has 0 saturated carbocycles. The van der Waals surface area contributed by atoms with E-state index < -0.39 is 0 Å². The van der Waals surface area contributed by atoms with Gasteiger partial charge in [-0.05, 0) is 92.6 Å². The van der Waals surface area contributed by atoms with Crippen molar-refractivity contribution in [2.24, 2.45) is 0 Å². The summed E-state index contributed by atoms with van der Waals surface area (Å²) >= 11 is 5.88. The molecule has 4 aromatic rings. The second-order valence-electron chi connectivity index (χ2n) is 9.04. The van der Waals surface area contributed by atoms with Gasteiger partial charge in [0.05, 0.1) is 30.5 Å². The Morgan fingerprint density at radius 3 is 2.47 bits per heavy atom. The molecule has 0 spiro atoms. The van der Waals surface area contributed by atoms with Crippen LogP contribution in [0, 0.1) is 20.8 Å². The first kappa shape index (κ1) is 23.8. The van der Waals surface area contributed by atoms with Gasteiger partial charge in [0.15, 0.2) is 5.11 Å². The number of aryl methyl sites for hydroxylation is 2. The summed E-state index contributed by atoms with van der Waals surface area (Å²) in [5.74, 6) is -0.356. The molecule has 2 atom stereocenters. The Kier molecular flexibility index (Phi) is 6.33. The van der Waals surface area contributed by atoms with Crippen LogP contribution in [0.4, 0.5) is 5.69 Å². The number of methoxy groups -OCH3 is 1. The molecule has 1 fully saturated rings. The lowest BCUT2D eigenvalue weighted by atomic mass is 9.96. The molecule has 0 radical (unpaired) electrons. The lowest BCUT2D eigenvalue weighted by molar-refractivity contribution is 0.0600. The Morgan fingerprint density at radius 2 is 1.75 bits per heavy atom. The third kappa shape index (κ3) is 4.16. The Morgan fingerprint density at radius 1 is 0.972 bits per heavy atom. The van der Waals surface area contributed by atoms with Crippen molar-refractivity contribution in [2.75, 3.05) is 12.0 Å². The highest BCUT2D eigenvalue weighted by atomic mass is 32.1. The molecule has 5 rings (SSSR count). The number of benzene rings is 2. The molecule has 1 saturated heterocycles. The van der Waals surface area contributed by atoms with E-state index in [1.54, 1.807) is 6.07 Å². The smallest absolute Gasteiger partial charge is 0.337 e. The zero-order valence-electron chi connectivity index (χ0n) is 20.7. The maximum absolute atomic E-state index is 12.2. The summed E-state index contributed by atoms with van der Waals surface area (Å²) in [6, 6.07) is 23.8. The fourth-order valence-electron chi connectivity index (χ4n) is 5.10. The average molecular weight is 497 g/mol. The Hall–Kier alpha value is -3.97. The molecule has 0 amide bonds.